The number of rotatable bonds is 5. The van der Waals surface area contributed by atoms with Crippen molar-refractivity contribution in [3.05, 3.63) is 59.9 Å². The van der Waals surface area contributed by atoms with E-state index in [1.165, 1.54) is 5.56 Å². The van der Waals surface area contributed by atoms with E-state index in [4.69, 9.17) is 4.74 Å². The van der Waals surface area contributed by atoms with E-state index >= 15 is 0 Å². The molecule has 0 bridgehead atoms. The number of piperidine rings is 1. The molecule has 1 saturated heterocycles. The third-order valence-corrected chi connectivity index (χ3v) is 4.67. The van der Waals surface area contributed by atoms with Crippen molar-refractivity contribution in [3.63, 3.8) is 0 Å². The van der Waals surface area contributed by atoms with Crippen LogP contribution in [0.3, 0.4) is 0 Å². The van der Waals surface area contributed by atoms with Gasteiger partial charge in [-0.15, -0.1) is 0 Å². The van der Waals surface area contributed by atoms with Crippen molar-refractivity contribution >= 4 is 6.03 Å². The molecule has 0 aliphatic carbocycles. The fourth-order valence-corrected chi connectivity index (χ4v) is 3.39. The van der Waals surface area contributed by atoms with Crippen molar-refractivity contribution in [2.24, 2.45) is 5.92 Å². The fourth-order valence-electron chi connectivity index (χ4n) is 3.39. The number of likely N-dealkylation sites (tertiary alicyclic amines) is 1. The molecule has 1 N–H and O–H groups in total. The normalized spacial score (nSPS) is 17.2. The number of carbonyl (C=O) groups is 1. The van der Waals surface area contributed by atoms with Gasteiger partial charge in [-0.3, -0.25) is 4.98 Å². The Labute approximate surface area is 149 Å². The molecule has 0 saturated carbocycles. The van der Waals surface area contributed by atoms with Gasteiger partial charge in [-0.2, -0.15) is 0 Å². The Balaban J connectivity index is 1.54. The first kappa shape index (κ1) is 17.3. The van der Waals surface area contributed by atoms with Crippen LogP contribution in [-0.4, -0.2) is 36.1 Å². The lowest BCUT2D eigenvalue weighted by molar-refractivity contribution is 0.164. The molecule has 1 fully saturated rings. The van der Waals surface area contributed by atoms with Crippen molar-refractivity contribution in [1.82, 2.24) is 15.2 Å². The van der Waals surface area contributed by atoms with Crippen LogP contribution in [0.15, 0.2) is 48.8 Å². The Morgan fingerprint density at radius 1 is 1.32 bits per heavy atom. The zero-order valence-electron chi connectivity index (χ0n) is 14.6. The van der Waals surface area contributed by atoms with Crippen molar-refractivity contribution in [2.45, 2.75) is 25.8 Å². The van der Waals surface area contributed by atoms with Gasteiger partial charge in [0.05, 0.1) is 7.11 Å². The predicted molar refractivity (Wildman–Crippen MR) is 97.5 cm³/mol. The van der Waals surface area contributed by atoms with E-state index in [0.717, 1.165) is 43.7 Å². The standard InChI is InChI=1S/C20H25N3O2/c1-25-19-9-3-2-8-18(19)12-16-7-5-11-23(15-16)20(24)22-14-17-6-4-10-21-13-17/h2-4,6,8-10,13,16H,5,7,11-12,14-15H2,1H3,(H,22,24). The van der Waals surface area contributed by atoms with Crippen LogP contribution < -0.4 is 10.1 Å². The second-order valence-electron chi connectivity index (χ2n) is 6.49. The number of hydrogen-bond acceptors (Lipinski definition) is 3. The minimum Gasteiger partial charge on any atom is -0.496 e. The molecule has 1 aliphatic rings. The molecule has 5 heteroatoms. The molecule has 2 heterocycles. The topological polar surface area (TPSA) is 54.5 Å². The molecule has 2 aromatic rings. The van der Waals surface area contributed by atoms with E-state index in [1.54, 1.807) is 19.5 Å². The Hall–Kier alpha value is -2.56. The number of nitrogens with zero attached hydrogens (tertiary/aromatic N) is 2. The van der Waals surface area contributed by atoms with Gasteiger partial charge in [-0.25, -0.2) is 4.79 Å². The number of carbonyl (C=O) groups excluding carboxylic acids is 1. The van der Waals surface area contributed by atoms with E-state index in [-0.39, 0.29) is 6.03 Å². The number of hydrogen-bond donors (Lipinski definition) is 1. The van der Waals surface area contributed by atoms with Gasteiger partial charge in [-0.05, 0) is 48.4 Å². The second kappa shape index (κ2) is 8.51. The van der Waals surface area contributed by atoms with Crippen LogP contribution in [0.2, 0.25) is 0 Å². The lowest BCUT2D eigenvalue weighted by atomic mass is 9.91. The number of aromatic nitrogens is 1. The summed E-state index contributed by atoms with van der Waals surface area (Å²) in [6.45, 7) is 2.12. The monoisotopic (exact) mass is 339 g/mol. The van der Waals surface area contributed by atoms with Crippen LogP contribution in [-0.2, 0) is 13.0 Å². The summed E-state index contributed by atoms with van der Waals surface area (Å²) in [4.78, 5) is 18.5. The maximum absolute atomic E-state index is 12.5. The zero-order valence-corrected chi connectivity index (χ0v) is 14.6. The van der Waals surface area contributed by atoms with Gasteiger partial charge in [0, 0.05) is 32.0 Å². The maximum atomic E-state index is 12.5. The largest absolute Gasteiger partial charge is 0.496 e. The molecule has 1 aromatic carbocycles. The predicted octanol–water partition coefficient (Wildman–Crippen LogP) is 3.25. The number of amides is 2. The van der Waals surface area contributed by atoms with E-state index < -0.39 is 0 Å². The molecule has 2 amide bonds. The zero-order chi connectivity index (χ0) is 17.5. The highest BCUT2D eigenvalue weighted by atomic mass is 16.5. The van der Waals surface area contributed by atoms with Crippen molar-refractivity contribution in [2.75, 3.05) is 20.2 Å². The number of nitrogens with one attached hydrogen (secondary N) is 1. The van der Waals surface area contributed by atoms with Crippen molar-refractivity contribution in [3.8, 4) is 5.75 Å². The number of ether oxygens (including phenoxy) is 1. The molecule has 25 heavy (non-hydrogen) atoms. The Morgan fingerprint density at radius 3 is 3.00 bits per heavy atom. The summed E-state index contributed by atoms with van der Waals surface area (Å²) >= 11 is 0. The molecule has 5 nitrogen and oxygen atoms in total. The van der Waals surface area contributed by atoms with Crippen molar-refractivity contribution in [1.29, 1.82) is 0 Å². The first-order valence-electron chi connectivity index (χ1n) is 8.80. The van der Waals surface area contributed by atoms with E-state index in [2.05, 4.69) is 16.4 Å². The summed E-state index contributed by atoms with van der Waals surface area (Å²) in [6, 6.07) is 12.0. The van der Waals surface area contributed by atoms with E-state index in [1.807, 2.05) is 35.2 Å². The molecule has 1 atom stereocenters. The second-order valence-corrected chi connectivity index (χ2v) is 6.49. The molecule has 1 unspecified atom stereocenters. The average molecular weight is 339 g/mol. The summed E-state index contributed by atoms with van der Waals surface area (Å²) in [7, 11) is 1.71. The van der Waals surface area contributed by atoms with Gasteiger partial charge < -0.3 is 15.0 Å². The summed E-state index contributed by atoms with van der Waals surface area (Å²) in [6.07, 6.45) is 6.64. The number of pyridine rings is 1. The maximum Gasteiger partial charge on any atom is 0.317 e. The SMILES string of the molecule is COc1ccccc1CC1CCCN(C(=O)NCc2cccnc2)C1. The van der Waals surface area contributed by atoms with Gasteiger partial charge in [0.2, 0.25) is 0 Å². The molecule has 132 valence electrons. The van der Waals surface area contributed by atoms with Crippen LogP contribution >= 0.6 is 0 Å². The highest BCUT2D eigenvalue weighted by Crippen LogP contribution is 2.26. The van der Waals surface area contributed by atoms with Crippen LogP contribution in [0.4, 0.5) is 4.79 Å². The number of urea groups is 1. The van der Waals surface area contributed by atoms with Crippen LogP contribution in [0.1, 0.15) is 24.0 Å². The summed E-state index contributed by atoms with van der Waals surface area (Å²) < 4.78 is 5.45. The third-order valence-electron chi connectivity index (χ3n) is 4.67. The lowest BCUT2D eigenvalue weighted by Crippen LogP contribution is -2.45. The lowest BCUT2D eigenvalue weighted by Gasteiger charge is -2.33. The average Bonchev–Trinajstić information content (AvgIpc) is 2.67. The van der Waals surface area contributed by atoms with Gasteiger partial charge in [0.25, 0.3) is 0 Å². The van der Waals surface area contributed by atoms with E-state index in [9.17, 15) is 4.79 Å². The summed E-state index contributed by atoms with van der Waals surface area (Å²) in [5, 5.41) is 3.00. The minimum absolute atomic E-state index is 0.00794. The molecular weight excluding hydrogens is 314 g/mol. The first-order chi connectivity index (χ1) is 12.3. The highest BCUT2D eigenvalue weighted by molar-refractivity contribution is 5.74. The van der Waals surface area contributed by atoms with Crippen LogP contribution in [0.25, 0.3) is 0 Å². The third kappa shape index (κ3) is 4.72. The number of para-hydroxylation sites is 1. The first-order valence-corrected chi connectivity index (χ1v) is 8.80. The number of methoxy groups -OCH3 is 1. The van der Waals surface area contributed by atoms with Crippen LogP contribution in [0, 0.1) is 5.92 Å². The van der Waals surface area contributed by atoms with E-state index in [0.29, 0.717) is 12.5 Å². The minimum atomic E-state index is 0.00794. The fraction of sp³-hybridized carbons (Fsp3) is 0.400. The highest BCUT2D eigenvalue weighted by Gasteiger charge is 2.24. The molecule has 3 rings (SSSR count). The molecule has 0 radical (unpaired) electrons. The molecular formula is C20H25N3O2. The van der Waals surface area contributed by atoms with Crippen molar-refractivity contribution < 1.29 is 9.53 Å². The van der Waals surface area contributed by atoms with Crippen LogP contribution in [0.5, 0.6) is 5.75 Å². The quantitative estimate of drug-likeness (QED) is 0.910. The molecule has 1 aliphatic heterocycles. The van der Waals surface area contributed by atoms with Gasteiger partial charge in [0.15, 0.2) is 0 Å². The Bertz CT molecular complexity index is 690. The molecule has 0 spiro atoms. The van der Waals surface area contributed by atoms with Gasteiger partial charge in [0.1, 0.15) is 5.75 Å². The number of benzene rings is 1. The Morgan fingerprint density at radius 2 is 2.20 bits per heavy atom. The Kier molecular flexibility index (Phi) is 5.88. The summed E-state index contributed by atoms with van der Waals surface area (Å²) in [5.74, 6) is 1.40. The molecule has 1 aromatic heterocycles. The smallest absolute Gasteiger partial charge is 0.317 e. The van der Waals surface area contributed by atoms with Gasteiger partial charge >= 0.3 is 6.03 Å². The van der Waals surface area contributed by atoms with Gasteiger partial charge in [-0.1, -0.05) is 24.3 Å². The summed E-state index contributed by atoms with van der Waals surface area (Å²) in [5.41, 5.74) is 2.23.